The molecular weight excluding hydrogens is 244 g/mol. The van der Waals surface area contributed by atoms with Crippen LogP contribution in [0.2, 0.25) is 0 Å². The lowest BCUT2D eigenvalue weighted by Gasteiger charge is -2.28. The van der Waals surface area contributed by atoms with E-state index in [1.807, 2.05) is 6.92 Å². The first-order chi connectivity index (χ1) is 8.68. The summed E-state index contributed by atoms with van der Waals surface area (Å²) in [5, 5.41) is 2.59. The van der Waals surface area contributed by atoms with Gasteiger partial charge in [0, 0.05) is 18.0 Å². The van der Waals surface area contributed by atoms with Gasteiger partial charge in [0.25, 0.3) is 0 Å². The fourth-order valence-electron chi connectivity index (χ4n) is 1.68. The van der Waals surface area contributed by atoms with E-state index in [4.69, 9.17) is 4.74 Å². The number of hydrogen-bond acceptors (Lipinski definition) is 4. The highest BCUT2D eigenvalue weighted by Gasteiger charge is 2.31. The number of nitrogens with zero attached hydrogens (tertiary/aromatic N) is 1. The number of aromatic nitrogens is 1. The van der Waals surface area contributed by atoms with Gasteiger partial charge in [-0.25, -0.2) is 4.79 Å². The Kier molecular flexibility index (Phi) is 4.29. The molecule has 1 atom stereocenters. The molecule has 0 saturated carbocycles. The van der Waals surface area contributed by atoms with Gasteiger partial charge < -0.3 is 14.8 Å². The Morgan fingerprint density at radius 2 is 2.00 bits per heavy atom. The molecule has 1 unspecified atom stereocenters. The molecule has 1 aromatic heterocycles. The fraction of sp³-hybridized carbons (Fsp3) is 0.500. The normalized spacial score (nSPS) is 14.4. The molecule has 0 aliphatic carbocycles. The van der Waals surface area contributed by atoms with Crippen LogP contribution in [0.3, 0.4) is 0 Å². The van der Waals surface area contributed by atoms with Gasteiger partial charge >= 0.3 is 6.09 Å². The quantitative estimate of drug-likeness (QED) is 0.851. The predicted molar refractivity (Wildman–Crippen MR) is 71.8 cm³/mol. The Bertz CT molecular complexity index is 480. The lowest BCUT2D eigenvalue weighted by molar-refractivity contribution is -0.113. The molecule has 5 nitrogen and oxygen atoms in total. The molecule has 1 heterocycles. The zero-order chi connectivity index (χ0) is 14.7. The van der Waals surface area contributed by atoms with E-state index >= 15 is 0 Å². The van der Waals surface area contributed by atoms with Gasteiger partial charge in [0.1, 0.15) is 17.4 Å². The third kappa shape index (κ3) is 4.05. The van der Waals surface area contributed by atoms with Gasteiger partial charge in [0.05, 0.1) is 0 Å². The SMILES string of the molecule is Cc1ccncc1C(C)(C=O)NC(=O)OC(C)(C)C. The van der Waals surface area contributed by atoms with Crippen LogP contribution in [-0.2, 0) is 15.1 Å². The van der Waals surface area contributed by atoms with E-state index in [1.54, 1.807) is 46.2 Å². The van der Waals surface area contributed by atoms with E-state index in [0.717, 1.165) is 5.56 Å². The molecule has 0 aromatic carbocycles. The molecular formula is C14H20N2O3. The van der Waals surface area contributed by atoms with Crippen LogP contribution in [0.25, 0.3) is 0 Å². The first-order valence-corrected chi connectivity index (χ1v) is 6.06. The highest BCUT2D eigenvalue weighted by molar-refractivity contribution is 5.78. The van der Waals surface area contributed by atoms with Crippen LogP contribution in [-0.4, -0.2) is 23.0 Å². The molecule has 5 heteroatoms. The minimum atomic E-state index is -1.15. The largest absolute Gasteiger partial charge is 0.444 e. The Morgan fingerprint density at radius 3 is 2.47 bits per heavy atom. The van der Waals surface area contributed by atoms with Gasteiger partial charge in [-0.3, -0.25) is 4.98 Å². The summed E-state index contributed by atoms with van der Waals surface area (Å²) in [5.74, 6) is 0. The minimum absolute atomic E-state index is 0.613. The van der Waals surface area contributed by atoms with Crippen molar-refractivity contribution >= 4 is 12.4 Å². The average molecular weight is 264 g/mol. The maximum Gasteiger partial charge on any atom is 0.408 e. The Hall–Kier alpha value is -1.91. The molecule has 0 aliphatic rings. The van der Waals surface area contributed by atoms with Crippen LogP contribution in [0.15, 0.2) is 18.5 Å². The van der Waals surface area contributed by atoms with Gasteiger partial charge in [-0.05, 0) is 46.2 Å². The second-order valence-corrected chi connectivity index (χ2v) is 5.64. The van der Waals surface area contributed by atoms with Crippen molar-refractivity contribution in [1.82, 2.24) is 10.3 Å². The molecule has 0 fully saturated rings. The highest BCUT2D eigenvalue weighted by atomic mass is 16.6. The number of rotatable bonds is 3. The standard InChI is InChI=1S/C14H20N2O3/c1-10-6-7-15-8-11(10)14(5,9-17)16-12(18)19-13(2,3)4/h6-9H,1-5H3,(H,16,18). The molecule has 0 bridgehead atoms. The Balaban J connectivity index is 2.97. The van der Waals surface area contributed by atoms with Crippen LogP contribution in [0, 0.1) is 6.92 Å². The van der Waals surface area contributed by atoms with Crippen LogP contribution >= 0.6 is 0 Å². The number of carbonyl (C=O) groups is 2. The maximum atomic E-state index is 11.8. The molecule has 1 rings (SSSR count). The van der Waals surface area contributed by atoms with Gasteiger partial charge in [0.2, 0.25) is 0 Å². The number of carbonyl (C=O) groups excluding carboxylic acids is 2. The smallest absolute Gasteiger partial charge is 0.408 e. The van der Waals surface area contributed by atoms with Gasteiger partial charge in [-0.15, -0.1) is 0 Å². The summed E-state index contributed by atoms with van der Waals surface area (Å²) in [4.78, 5) is 27.2. The average Bonchev–Trinajstić information content (AvgIpc) is 2.26. The van der Waals surface area contributed by atoms with E-state index in [1.165, 1.54) is 0 Å². The third-order valence-electron chi connectivity index (χ3n) is 2.59. The Morgan fingerprint density at radius 1 is 1.37 bits per heavy atom. The number of ether oxygens (including phenoxy) is 1. The van der Waals surface area contributed by atoms with E-state index in [2.05, 4.69) is 10.3 Å². The molecule has 19 heavy (non-hydrogen) atoms. The summed E-state index contributed by atoms with van der Waals surface area (Å²) in [7, 11) is 0. The van der Waals surface area contributed by atoms with Gasteiger partial charge in [-0.2, -0.15) is 0 Å². The summed E-state index contributed by atoms with van der Waals surface area (Å²) in [6.45, 7) is 8.77. The highest BCUT2D eigenvalue weighted by Crippen LogP contribution is 2.21. The number of nitrogens with one attached hydrogen (secondary N) is 1. The van der Waals surface area contributed by atoms with Crippen molar-refractivity contribution < 1.29 is 14.3 Å². The molecule has 0 aliphatic heterocycles. The lowest BCUT2D eigenvalue weighted by atomic mass is 9.92. The second kappa shape index (κ2) is 5.38. The fourth-order valence-corrected chi connectivity index (χ4v) is 1.68. The monoisotopic (exact) mass is 264 g/mol. The van der Waals surface area contributed by atoms with Crippen molar-refractivity contribution in [3.05, 3.63) is 29.6 Å². The second-order valence-electron chi connectivity index (χ2n) is 5.64. The summed E-state index contributed by atoms with van der Waals surface area (Å²) in [5.41, 5.74) is -0.241. The summed E-state index contributed by atoms with van der Waals surface area (Å²) in [6.07, 6.45) is 3.25. The van der Waals surface area contributed by atoms with E-state index in [-0.39, 0.29) is 0 Å². The zero-order valence-electron chi connectivity index (χ0n) is 12.0. The number of aldehydes is 1. The maximum absolute atomic E-state index is 11.8. The van der Waals surface area contributed by atoms with Crippen molar-refractivity contribution in [2.75, 3.05) is 0 Å². The first kappa shape index (κ1) is 15.1. The van der Waals surface area contributed by atoms with Crippen molar-refractivity contribution in [3.8, 4) is 0 Å². The minimum Gasteiger partial charge on any atom is -0.444 e. The van der Waals surface area contributed by atoms with Crippen molar-refractivity contribution in [1.29, 1.82) is 0 Å². The number of hydrogen-bond donors (Lipinski definition) is 1. The molecule has 0 radical (unpaired) electrons. The van der Waals surface area contributed by atoms with Gasteiger partial charge in [-0.1, -0.05) is 0 Å². The molecule has 0 spiro atoms. The summed E-state index contributed by atoms with van der Waals surface area (Å²) in [6, 6.07) is 1.79. The number of aryl methyl sites for hydroxylation is 1. The van der Waals surface area contributed by atoms with Crippen LogP contribution < -0.4 is 5.32 Å². The van der Waals surface area contributed by atoms with E-state index in [9.17, 15) is 9.59 Å². The van der Waals surface area contributed by atoms with Gasteiger partial charge in [0.15, 0.2) is 0 Å². The van der Waals surface area contributed by atoms with Crippen molar-refractivity contribution in [2.45, 2.75) is 45.8 Å². The Labute approximate surface area is 113 Å². The molecule has 0 saturated heterocycles. The molecule has 104 valence electrons. The van der Waals surface area contributed by atoms with Crippen LogP contribution in [0.1, 0.15) is 38.8 Å². The topological polar surface area (TPSA) is 68.3 Å². The van der Waals surface area contributed by atoms with Crippen LogP contribution in [0.4, 0.5) is 4.79 Å². The molecule has 1 amide bonds. The van der Waals surface area contributed by atoms with E-state index in [0.29, 0.717) is 11.8 Å². The molecule has 1 N–H and O–H groups in total. The first-order valence-electron chi connectivity index (χ1n) is 6.06. The number of amides is 1. The number of alkyl carbamates (subject to hydrolysis) is 1. The predicted octanol–water partition coefficient (Wildman–Crippen LogP) is 2.33. The molecule has 1 aromatic rings. The van der Waals surface area contributed by atoms with Crippen molar-refractivity contribution in [2.24, 2.45) is 0 Å². The van der Waals surface area contributed by atoms with Crippen LogP contribution in [0.5, 0.6) is 0 Å². The lowest BCUT2D eigenvalue weighted by Crippen LogP contribution is -2.47. The number of pyridine rings is 1. The van der Waals surface area contributed by atoms with Crippen molar-refractivity contribution in [3.63, 3.8) is 0 Å². The summed E-state index contributed by atoms with van der Waals surface area (Å²) < 4.78 is 5.17. The third-order valence-corrected chi connectivity index (χ3v) is 2.59. The summed E-state index contributed by atoms with van der Waals surface area (Å²) >= 11 is 0. The van der Waals surface area contributed by atoms with E-state index < -0.39 is 17.2 Å². The zero-order valence-corrected chi connectivity index (χ0v) is 12.0.